The molecule has 0 N–H and O–H groups in total. The average Bonchev–Trinajstić information content (AvgIpc) is 1.50. The largest absolute Gasteiger partial charge is 0.339 e. The van der Waals surface area contributed by atoms with Crippen LogP contribution in [0.15, 0.2) is 419 Å². The molecule has 3 aromatic heterocycles. The molecule has 0 aliphatic rings. The molecule has 0 saturated heterocycles. The van der Waals surface area contributed by atoms with Crippen molar-refractivity contribution < 1.29 is 0 Å². The molecule has 22 rings (SSSR count). The number of hydrogen-bond acceptors (Lipinski definition) is 3. The zero-order chi connectivity index (χ0) is 93.1. The van der Waals surface area contributed by atoms with Gasteiger partial charge in [0.05, 0.1) is 33.1 Å². The summed E-state index contributed by atoms with van der Waals surface area (Å²) in [5, 5.41) is 15.3. The van der Waals surface area contributed by atoms with Crippen molar-refractivity contribution >= 4 is 149 Å². The number of unbranched alkanes of at least 4 members (excludes halogenated alkanes) is 3. The van der Waals surface area contributed by atoms with Crippen molar-refractivity contribution in [2.45, 2.75) is 138 Å². The number of benzene rings is 19. The van der Waals surface area contributed by atoms with Crippen LogP contribution in [0, 0.1) is 17.8 Å². The van der Waals surface area contributed by atoms with Gasteiger partial charge in [0, 0.05) is 103 Å². The number of aromatic nitrogens is 3. The van der Waals surface area contributed by atoms with E-state index in [0.717, 1.165) is 148 Å². The van der Waals surface area contributed by atoms with Gasteiger partial charge in [0.25, 0.3) is 0 Å². The van der Waals surface area contributed by atoms with Crippen molar-refractivity contribution in [3.8, 4) is 66.8 Å². The van der Waals surface area contributed by atoms with Crippen molar-refractivity contribution in [2.24, 2.45) is 17.8 Å². The quantitative estimate of drug-likeness (QED) is 0.0410. The topological polar surface area (TPSA) is 24.5 Å². The van der Waals surface area contributed by atoms with E-state index < -0.39 is 0 Å². The van der Waals surface area contributed by atoms with Gasteiger partial charge in [-0.25, -0.2) is 0 Å². The molecule has 0 bridgehead atoms. The maximum absolute atomic E-state index is 2.90. The van der Waals surface area contributed by atoms with Gasteiger partial charge in [0.15, 0.2) is 0 Å². The molecule has 0 aliphatic carbocycles. The SMILES string of the molecule is CCCCC(CC)Cn1c2cc(N(c3ccc(-c4ccccc4)cc3)c3ccc(-c4cccc5ccccc45)cc3)ccc2c2c1c1c3ccc(N(c4ccc(-c5ccccc5)cc4)c4ccc(-c5cccc6ccccc56)cc4)cc3n(CC(CC)CCCC)c1c1c3ccc(N(c4ccc(-c5ccccc5)cc4)c4ccc(-c5cccc6ccccc56)cc4)cc3n(CC(CC)CCCC)c21. The molecule has 0 saturated carbocycles. The molecule has 0 radical (unpaired) electrons. The fourth-order valence-electron chi connectivity index (χ4n) is 22.5. The highest BCUT2D eigenvalue weighted by atomic mass is 15.2. The molecular formula is C132H120N6. The van der Waals surface area contributed by atoms with Gasteiger partial charge in [-0.1, -0.05) is 409 Å². The third-order valence-corrected chi connectivity index (χ3v) is 30.0. The highest BCUT2D eigenvalue weighted by Crippen LogP contribution is 2.54. The summed E-state index contributed by atoms with van der Waals surface area (Å²) in [6.45, 7) is 17.1. The second-order valence-electron chi connectivity index (χ2n) is 38.3. The Kier molecular flexibility index (Phi) is 25.0. The lowest BCUT2D eigenvalue weighted by molar-refractivity contribution is 0.400. The Morgan fingerprint density at radius 1 is 0.196 bits per heavy atom. The lowest BCUT2D eigenvalue weighted by Gasteiger charge is -2.26. The van der Waals surface area contributed by atoms with Crippen molar-refractivity contribution in [2.75, 3.05) is 14.7 Å². The molecule has 6 nitrogen and oxygen atoms in total. The molecule has 0 amide bonds. The van der Waals surface area contributed by atoms with E-state index in [1.165, 1.54) is 164 Å². The van der Waals surface area contributed by atoms with E-state index in [1.807, 2.05) is 0 Å². The minimum atomic E-state index is 0.384. The molecule has 138 heavy (non-hydrogen) atoms. The van der Waals surface area contributed by atoms with Crippen molar-refractivity contribution in [3.05, 3.63) is 419 Å². The zero-order valence-electron chi connectivity index (χ0n) is 80.4. The Balaban J connectivity index is 0.850. The fourth-order valence-corrected chi connectivity index (χ4v) is 22.5. The maximum Gasteiger partial charge on any atom is 0.0614 e. The Labute approximate surface area is 813 Å². The predicted molar refractivity (Wildman–Crippen MR) is 595 cm³/mol. The van der Waals surface area contributed by atoms with E-state index in [0.29, 0.717) is 17.8 Å². The first-order valence-corrected chi connectivity index (χ1v) is 50.8. The normalized spacial score (nSPS) is 12.5. The molecule has 3 heterocycles. The predicted octanol–water partition coefficient (Wildman–Crippen LogP) is 38.5. The maximum atomic E-state index is 2.90. The van der Waals surface area contributed by atoms with Gasteiger partial charge in [-0.3, -0.25) is 0 Å². The van der Waals surface area contributed by atoms with Crippen LogP contribution in [0.1, 0.15) is 119 Å². The first kappa shape index (κ1) is 88.1. The summed E-state index contributed by atoms with van der Waals surface area (Å²) < 4.78 is 8.69. The summed E-state index contributed by atoms with van der Waals surface area (Å²) in [5.74, 6) is 1.15. The first-order chi connectivity index (χ1) is 68.2. The molecule has 0 aliphatic heterocycles. The van der Waals surface area contributed by atoms with Gasteiger partial charge < -0.3 is 28.4 Å². The number of fused-ring (bicyclic) bond motifs is 15. The van der Waals surface area contributed by atoms with Crippen LogP contribution in [0.25, 0.3) is 164 Å². The van der Waals surface area contributed by atoms with E-state index in [-0.39, 0.29) is 0 Å². The smallest absolute Gasteiger partial charge is 0.0614 e. The Bertz CT molecular complexity index is 7280. The minimum Gasteiger partial charge on any atom is -0.339 e. The van der Waals surface area contributed by atoms with Crippen LogP contribution in [0.4, 0.5) is 51.2 Å². The van der Waals surface area contributed by atoms with E-state index in [1.54, 1.807) is 0 Å². The third-order valence-electron chi connectivity index (χ3n) is 30.0. The molecule has 22 aromatic rings. The second-order valence-corrected chi connectivity index (χ2v) is 38.3. The first-order valence-electron chi connectivity index (χ1n) is 50.8. The molecule has 3 atom stereocenters. The average molecular weight is 1790 g/mol. The Morgan fingerprint density at radius 3 is 0.659 bits per heavy atom. The van der Waals surface area contributed by atoms with Crippen molar-refractivity contribution in [1.29, 1.82) is 0 Å². The van der Waals surface area contributed by atoms with Gasteiger partial charge in [-0.05, 0) is 245 Å². The van der Waals surface area contributed by atoms with Crippen LogP contribution in [0.2, 0.25) is 0 Å². The van der Waals surface area contributed by atoms with E-state index >= 15 is 0 Å². The monoisotopic (exact) mass is 1790 g/mol. The molecule has 678 valence electrons. The van der Waals surface area contributed by atoms with Gasteiger partial charge in [-0.2, -0.15) is 0 Å². The molecule has 0 spiro atoms. The third kappa shape index (κ3) is 16.8. The lowest BCUT2D eigenvalue weighted by atomic mass is 9.98. The van der Waals surface area contributed by atoms with Gasteiger partial charge in [0.1, 0.15) is 0 Å². The molecule has 6 heteroatoms. The summed E-state index contributed by atoms with van der Waals surface area (Å²) in [4.78, 5) is 7.60. The summed E-state index contributed by atoms with van der Waals surface area (Å²) in [5.41, 5.74) is 32.0. The molecule has 0 fully saturated rings. The summed E-state index contributed by atoms with van der Waals surface area (Å²) >= 11 is 0. The van der Waals surface area contributed by atoms with Crippen LogP contribution in [-0.4, -0.2) is 13.7 Å². The second kappa shape index (κ2) is 39.2. The summed E-state index contributed by atoms with van der Waals surface area (Å²) in [7, 11) is 0. The van der Waals surface area contributed by atoms with Crippen LogP contribution in [0.3, 0.4) is 0 Å². The standard InChI is InChI=1S/C132H120N6/c1-7-13-34-91(10-4)88-133-124-85-112(136(106-67-55-97(56-68-106)94-37-19-16-20-38-94)109-73-61-103(62-74-109)118-52-31-46-100-43-25-28-49-115(100)118)79-82-121(124)127-130(133)128-122-83-80-113(137(107-69-57-98(58-70-107)95-39-21-17-22-40-95)110-75-63-104(64-76-110)119-53-32-47-101-44-26-29-50-116(101)119)86-125(122)134(89-92(11-5)35-14-8-2)132(128)129-123-84-81-114(87-126(123)135(131(127)129)90-93(12-6)36-15-9-3)138(108-71-59-99(60-72-108)96-41-23-18-24-42-96)111-77-65-105(66-78-111)120-54-33-48-102-45-27-30-51-117(102)120/h16-33,37-87,91-93H,7-15,34-36,88-90H2,1-6H3. The molecular weight excluding hydrogens is 1670 g/mol. The van der Waals surface area contributed by atoms with E-state index in [9.17, 15) is 0 Å². The van der Waals surface area contributed by atoms with E-state index in [4.69, 9.17) is 0 Å². The van der Waals surface area contributed by atoms with Crippen molar-refractivity contribution in [1.82, 2.24) is 13.7 Å². The fraction of sp³-hybridized carbons (Fsp3) is 0.182. The van der Waals surface area contributed by atoms with Crippen molar-refractivity contribution in [3.63, 3.8) is 0 Å². The van der Waals surface area contributed by atoms with Gasteiger partial charge in [0.2, 0.25) is 0 Å². The lowest BCUT2D eigenvalue weighted by Crippen LogP contribution is -2.13. The Morgan fingerprint density at radius 2 is 0.413 bits per heavy atom. The summed E-state index contributed by atoms with van der Waals surface area (Å²) in [6, 6.07) is 158. The number of anilines is 9. The molecule has 3 unspecified atom stereocenters. The van der Waals surface area contributed by atoms with Crippen LogP contribution < -0.4 is 14.7 Å². The number of nitrogens with zero attached hydrogens (tertiary/aromatic N) is 6. The highest BCUT2D eigenvalue weighted by Gasteiger charge is 2.33. The Hall–Kier alpha value is -15.2. The molecule has 19 aromatic carbocycles. The van der Waals surface area contributed by atoms with Crippen LogP contribution in [-0.2, 0) is 19.6 Å². The highest BCUT2D eigenvalue weighted by molar-refractivity contribution is 6.40. The minimum absolute atomic E-state index is 0.384. The number of hydrogen-bond donors (Lipinski definition) is 0. The van der Waals surface area contributed by atoms with Gasteiger partial charge >= 0.3 is 0 Å². The zero-order valence-corrected chi connectivity index (χ0v) is 80.4. The van der Waals surface area contributed by atoms with E-state index in [2.05, 4.69) is 489 Å². The van der Waals surface area contributed by atoms with Gasteiger partial charge in [-0.15, -0.1) is 0 Å². The summed E-state index contributed by atoms with van der Waals surface area (Å²) in [6.07, 6.45) is 13.4. The van der Waals surface area contributed by atoms with Crippen LogP contribution >= 0.6 is 0 Å². The van der Waals surface area contributed by atoms with Crippen LogP contribution in [0.5, 0.6) is 0 Å². The number of rotatable bonds is 33.